The van der Waals surface area contributed by atoms with E-state index in [-0.39, 0.29) is 17.3 Å². The monoisotopic (exact) mass is 380 g/mol. The Kier molecular flexibility index (Phi) is 4.81. The highest BCUT2D eigenvalue weighted by Crippen LogP contribution is 2.27. The molecule has 24 heavy (non-hydrogen) atoms. The summed E-state index contributed by atoms with van der Waals surface area (Å²) in [5.41, 5.74) is 1.44. The van der Waals surface area contributed by atoms with Crippen LogP contribution in [0.15, 0.2) is 59.3 Å². The number of nitrogens with zero attached hydrogens (tertiary/aromatic N) is 1. The normalized spacial score (nSPS) is 14.5. The van der Waals surface area contributed by atoms with Crippen molar-refractivity contribution in [2.24, 2.45) is 0 Å². The molecule has 2 amide bonds. The first-order valence-electron chi connectivity index (χ1n) is 6.98. The predicted molar refractivity (Wildman–Crippen MR) is 95.0 cm³/mol. The molecule has 0 unspecified atom stereocenters. The first-order chi connectivity index (χ1) is 11.5. The molecule has 0 atom stereocenters. The summed E-state index contributed by atoms with van der Waals surface area (Å²) >= 11 is 17.7. The summed E-state index contributed by atoms with van der Waals surface area (Å²) in [5, 5.41) is 3.89. The van der Waals surface area contributed by atoms with Crippen molar-refractivity contribution in [2.45, 2.75) is 6.54 Å². The average Bonchev–Trinajstić information content (AvgIpc) is 2.76. The van der Waals surface area contributed by atoms with Gasteiger partial charge in [0, 0.05) is 15.7 Å². The Morgan fingerprint density at radius 2 is 1.33 bits per heavy atom. The fourth-order valence-corrected chi connectivity index (χ4v) is 2.73. The van der Waals surface area contributed by atoms with Crippen LogP contribution in [0.5, 0.6) is 0 Å². The third-order valence-corrected chi connectivity index (χ3v) is 4.33. The summed E-state index contributed by atoms with van der Waals surface area (Å²) in [6, 6.07) is 13.6. The van der Waals surface area contributed by atoms with Crippen LogP contribution in [-0.2, 0) is 16.1 Å². The van der Waals surface area contributed by atoms with E-state index in [2.05, 4.69) is 5.32 Å². The van der Waals surface area contributed by atoms with Gasteiger partial charge < -0.3 is 5.32 Å². The topological polar surface area (TPSA) is 49.4 Å². The first kappa shape index (κ1) is 16.8. The Hall–Kier alpha value is -2.01. The molecule has 3 rings (SSSR count). The summed E-state index contributed by atoms with van der Waals surface area (Å²) < 4.78 is 0. The number of carbonyl (C=O) groups excluding carboxylic acids is 2. The number of hydrogen-bond acceptors (Lipinski definition) is 3. The van der Waals surface area contributed by atoms with Crippen molar-refractivity contribution in [1.29, 1.82) is 0 Å². The number of hydrogen-bond donors (Lipinski definition) is 1. The molecule has 1 heterocycles. The molecule has 2 aromatic carbocycles. The van der Waals surface area contributed by atoms with Gasteiger partial charge in [-0.25, -0.2) is 0 Å². The minimum Gasteiger partial charge on any atom is -0.350 e. The van der Waals surface area contributed by atoms with Crippen LogP contribution in [-0.4, -0.2) is 16.7 Å². The Labute approximate surface area is 153 Å². The van der Waals surface area contributed by atoms with Gasteiger partial charge >= 0.3 is 0 Å². The van der Waals surface area contributed by atoms with E-state index in [0.717, 1.165) is 10.5 Å². The molecule has 1 aliphatic heterocycles. The Morgan fingerprint density at radius 3 is 1.92 bits per heavy atom. The molecule has 0 aliphatic carbocycles. The van der Waals surface area contributed by atoms with Crippen LogP contribution in [0.4, 0.5) is 5.69 Å². The fourth-order valence-electron chi connectivity index (χ4n) is 2.25. The molecule has 2 aromatic rings. The van der Waals surface area contributed by atoms with Crippen molar-refractivity contribution in [2.75, 3.05) is 5.32 Å². The van der Waals surface area contributed by atoms with Gasteiger partial charge in [0.2, 0.25) is 0 Å². The zero-order valence-corrected chi connectivity index (χ0v) is 14.5. The van der Waals surface area contributed by atoms with Crippen molar-refractivity contribution in [3.8, 4) is 0 Å². The highest BCUT2D eigenvalue weighted by atomic mass is 35.5. The van der Waals surface area contributed by atoms with E-state index < -0.39 is 11.8 Å². The van der Waals surface area contributed by atoms with E-state index in [1.807, 2.05) is 0 Å². The van der Waals surface area contributed by atoms with E-state index >= 15 is 0 Å². The Morgan fingerprint density at radius 1 is 0.792 bits per heavy atom. The molecule has 7 heteroatoms. The summed E-state index contributed by atoms with van der Waals surface area (Å²) in [6.45, 7) is 0.122. The third-order valence-electron chi connectivity index (χ3n) is 3.48. The molecule has 0 aromatic heterocycles. The van der Waals surface area contributed by atoms with Gasteiger partial charge in [0.25, 0.3) is 11.8 Å². The maximum absolute atomic E-state index is 12.5. The van der Waals surface area contributed by atoms with E-state index in [1.54, 1.807) is 48.5 Å². The number of halogens is 3. The average molecular weight is 382 g/mol. The van der Waals surface area contributed by atoms with Crippen molar-refractivity contribution in [1.82, 2.24) is 4.90 Å². The molecule has 122 valence electrons. The first-order valence-corrected chi connectivity index (χ1v) is 8.12. The van der Waals surface area contributed by atoms with Gasteiger partial charge in [-0.1, -0.05) is 46.9 Å². The molecule has 0 bridgehead atoms. The van der Waals surface area contributed by atoms with Crippen LogP contribution >= 0.6 is 34.8 Å². The molecular weight excluding hydrogens is 371 g/mol. The summed E-state index contributed by atoms with van der Waals surface area (Å²) in [7, 11) is 0. The van der Waals surface area contributed by atoms with E-state index in [0.29, 0.717) is 15.7 Å². The lowest BCUT2D eigenvalue weighted by Crippen LogP contribution is -2.31. The lowest BCUT2D eigenvalue weighted by Gasteiger charge is -2.15. The van der Waals surface area contributed by atoms with Gasteiger partial charge in [-0.2, -0.15) is 0 Å². The largest absolute Gasteiger partial charge is 0.350 e. The standard InChI is InChI=1S/C17H11Cl3N2O2/c18-11-3-1-10(2-4-11)9-22-16(23)14(20)15(17(22)24)21-13-7-5-12(19)6-8-13/h1-8,21H,9H2. The molecular formula is C17H11Cl3N2O2. The van der Waals surface area contributed by atoms with Crippen LogP contribution in [0.1, 0.15) is 5.56 Å². The third kappa shape index (κ3) is 3.41. The van der Waals surface area contributed by atoms with Crippen molar-refractivity contribution < 1.29 is 9.59 Å². The van der Waals surface area contributed by atoms with Gasteiger partial charge in [-0.15, -0.1) is 0 Å². The Balaban J connectivity index is 1.79. The second-order valence-electron chi connectivity index (χ2n) is 5.14. The van der Waals surface area contributed by atoms with Crippen LogP contribution in [0, 0.1) is 0 Å². The summed E-state index contributed by atoms with van der Waals surface area (Å²) in [5.74, 6) is -1.01. The zero-order chi connectivity index (χ0) is 17.3. The molecule has 1 aliphatic rings. The van der Waals surface area contributed by atoms with E-state index in [4.69, 9.17) is 34.8 Å². The highest BCUT2D eigenvalue weighted by Gasteiger charge is 2.37. The molecule has 0 saturated heterocycles. The van der Waals surface area contributed by atoms with Gasteiger partial charge in [0.15, 0.2) is 0 Å². The SMILES string of the molecule is O=C1C(Cl)=C(Nc2ccc(Cl)cc2)C(=O)N1Cc1ccc(Cl)cc1. The number of anilines is 1. The van der Waals surface area contributed by atoms with E-state index in [9.17, 15) is 9.59 Å². The number of amides is 2. The lowest BCUT2D eigenvalue weighted by molar-refractivity contribution is -0.138. The molecule has 0 spiro atoms. The number of benzene rings is 2. The smallest absolute Gasteiger partial charge is 0.279 e. The van der Waals surface area contributed by atoms with Crippen LogP contribution in [0.3, 0.4) is 0 Å². The number of imide groups is 1. The second-order valence-corrected chi connectivity index (χ2v) is 6.39. The number of nitrogens with one attached hydrogen (secondary N) is 1. The van der Waals surface area contributed by atoms with Crippen LogP contribution in [0.2, 0.25) is 10.0 Å². The lowest BCUT2D eigenvalue weighted by atomic mass is 10.2. The molecule has 4 nitrogen and oxygen atoms in total. The molecule has 0 fully saturated rings. The molecule has 0 radical (unpaired) electrons. The minimum absolute atomic E-state index is 0.0537. The van der Waals surface area contributed by atoms with Crippen molar-refractivity contribution >= 4 is 52.3 Å². The summed E-state index contributed by atoms with van der Waals surface area (Å²) in [4.78, 5) is 25.9. The number of rotatable bonds is 4. The minimum atomic E-state index is -0.534. The quantitative estimate of drug-likeness (QED) is 0.797. The molecule has 1 N–H and O–H groups in total. The second kappa shape index (κ2) is 6.85. The van der Waals surface area contributed by atoms with Crippen molar-refractivity contribution in [3.05, 3.63) is 74.9 Å². The summed E-state index contributed by atoms with van der Waals surface area (Å²) in [6.07, 6.45) is 0. The maximum Gasteiger partial charge on any atom is 0.279 e. The van der Waals surface area contributed by atoms with Crippen LogP contribution in [0.25, 0.3) is 0 Å². The van der Waals surface area contributed by atoms with E-state index in [1.165, 1.54) is 0 Å². The predicted octanol–water partition coefficient (Wildman–Crippen LogP) is 4.42. The van der Waals surface area contributed by atoms with Gasteiger partial charge in [0.05, 0.1) is 6.54 Å². The van der Waals surface area contributed by atoms with Gasteiger partial charge in [-0.3, -0.25) is 14.5 Å². The van der Waals surface area contributed by atoms with Gasteiger partial charge in [-0.05, 0) is 42.0 Å². The van der Waals surface area contributed by atoms with Crippen molar-refractivity contribution in [3.63, 3.8) is 0 Å². The molecule has 0 saturated carbocycles. The van der Waals surface area contributed by atoms with Crippen LogP contribution < -0.4 is 5.32 Å². The number of carbonyl (C=O) groups is 2. The van der Waals surface area contributed by atoms with Gasteiger partial charge in [0.1, 0.15) is 10.7 Å². The Bertz CT molecular complexity index is 830. The maximum atomic E-state index is 12.5. The zero-order valence-electron chi connectivity index (χ0n) is 12.2. The fraction of sp³-hybridized carbons (Fsp3) is 0.0588. The highest BCUT2D eigenvalue weighted by molar-refractivity contribution is 6.48.